The van der Waals surface area contributed by atoms with Crippen molar-refractivity contribution in [3.8, 4) is 11.6 Å². The van der Waals surface area contributed by atoms with Crippen molar-refractivity contribution in [2.45, 2.75) is 25.3 Å². The summed E-state index contributed by atoms with van der Waals surface area (Å²) in [6.45, 7) is 3.78. The van der Waals surface area contributed by atoms with Crippen LogP contribution >= 0.6 is 11.6 Å². The summed E-state index contributed by atoms with van der Waals surface area (Å²) in [7, 11) is -3.72. The summed E-state index contributed by atoms with van der Waals surface area (Å²) in [5.74, 6) is 0.895. The van der Waals surface area contributed by atoms with E-state index in [0.717, 1.165) is 22.1 Å². The zero-order valence-electron chi connectivity index (χ0n) is 15.1. The van der Waals surface area contributed by atoms with Crippen LogP contribution in [0.25, 0.3) is 22.6 Å². The van der Waals surface area contributed by atoms with Gasteiger partial charge in [-0.2, -0.15) is 4.98 Å². The van der Waals surface area contributed by atoms with Crippen molar-refractivity contribution in [3.05, 3.63) is 64.5 Å². The molecule has 0 bridgehead atoms. The van der Waals surface area contributed by atoms with Crippen LogP contribution in [0.1, 0.15) is 17.0 Å². The second-order valence-electron chi connectivity index (χ2n) is 6.35. The van der Waals surface area contributed by atoms with Gasteiger partial charge in [0.15, 0.2) is 5.76 Å². The van der Waals surface area contributed by atoms with Gasteiger partial charge in [-0.1, -0.05) is 28.4 Å². The highest BCUT2D eigenvalue weighted by Gasteiger charge is 2.20. The third-order valence-corrected chi connectivity index (χ3v) is 5.97. The van der Waals surface area contributed by atoms with Crippen molar-refractivity contribution >= 4 is 32.6 Å². The molecule has 4 rings (SSSR count). The minimum absolute atomic E-state index is 0.0973. The number of furan rings is 1. The van der Waals surface area contributed by atoms with Crippen LogP contribution in [0.5, 0.6) is 0 Å². The van der Waals surface area contributed by atoms with Gasteiger partial charge in [0.1, 0.15) is 5.58 Å². The Balaban J connectivity index is 1.55. The standard InChI is InChI=1S/C19H16ClN3O4S/c1-11-3-8-16-15(9-11)12(2)18(26-16)19-22-17(27-23-19)10-21-28(24,25)14-6-4-13(20)5-7-14/h3-9,21H,10H2,1-2H3. The summed E-state index contributed by atoms with van der Waals surface area (Å²) >= 11 is 5.79. The average molecular weight is 418 g/mol. The van der Waals surface area contributed by atoms with E-state index in [9.17, 15) is 8.42 Å². The molecule has 2 aromatic heterocycles. The summed E-state index contributed by atoms with van der Waals surface area (Å²) in [6.07, 6.45) is 0. The van der Waals surface area contributed by atoms with E-state index in [2.05, 4.69) is 14.9 Å². The number of rotatable bonds is 5. The third-order valence-electron chi connectivity index (χ3n) is 4.30. The van der Waals surface area contributed by atoms with Crippen molar-refractivity contribution in [3.63, 3.8) is 0 Å². The summed E-state index contributed by atoms with van der Waals surface area (Å²) in [5.41, 5.74) is 2.74. The first-order valence-corrected chi connectivity index (χ1v) is 10.3. The number of hydrogen-bond acceptors (Lipinski definition) is 6. The van der Waals surface area contributed by atoms with E-state index in [1.165, 1.54) is 24.3 Å². The molecule has 4 aromatic rings. The first kappa shape index (κ1) is 18.7. The molecule has 7 nitrogen and oxygen atoms in total. The lowest BCUT2D eigenvalue weighted by Crippen LogP contribution is -2.23. The van der Waals surface area contributed by atoms with Crippen molar-refractivity contribution < 1.29 is 17.4 Å². The van der Waals surface area contributed by atoms with Crippen LogP contribution in [0, 0.1) is 13.8 Å². The van der Waals surface area contributed by atoms with E-state index in [0.29, 0.717) is 10.8 Å². The number of nitrogens with one attached hydrogen (secondary N) is 1. The van der Waals surface area contributed by atoms with E-state index >= 15 is 0 Å². The van der Waals surface area contributed by atoms with E-state index in [-0.39, 0.29) is 23.2 Å². The first-order chi connectivity index (χ1) is 13.3. The molecular weight excluding hydrogens is 402 g/mol. The quantitative estimate of drug-likeness (QED) is 0.521. The summed E-state index contributed by atoms with van der Waals surface area (Å²) in [6, 6.07) is 11.7. The van der Waals surface area contributed by atoms with Gasteiger partial charge in [-0.25, -0.2) is 13.1 Å². The molecule has 0 saturated carbocycles. The van der Waals surface area contributed by atoms with Crippen LogP contribution < -0.4 is 4.72 Å². The van der Waals surface area contributed by atoms with E-state index < -0.39 is 10.0 Å². The minimum Gasteiger partial charge on any atom is -0.452 e. The molecule has 0 aliphatic heterocycles. The van der Waals surface area contributed by atoms with Gasteiger partial charge in [0.2, 0.25) is 21.7 Å². The molecule has 1 N–H and O–H groups in total. The normalized spacial score (nSPS) is 12.0. The highest BCUT2D eigenvalue weighted by Crippen LogP contribution is 2.32. The molecule has 0 amide bonds. The molecule has 2 aromatic carbocycles. The molecule has 0 spiro atoms. The molecule has 0 atom stereocenters. The predicted octanol–water partition coefficient (Wildman–Crippen LogP) is 4.23. The Kier molecular flexibility index (Phi) is 4.70. The van der Waals surface area contributed by atoms with Crippen molar-refractivity contribution in [2.75, 3.05) is 0 Å². The second kappa shape index (κ2) is 7.05. The summed E-state index contributed by atoms with van der Waals surface area (Å²) in [5, 5.41) is 5.35. The number of halogens is 1. The van der Waals surface area contributed by atoms with E-state index in [1.807, 2.05) is 32.0 Å². The van der Waals surface area contributed by atoms with Gasteiger partial charge in [0, 0.05) is 16.0 Å². The molecule has 0 aliphatic carbocycles. The number of aromatic nitrogens is 2. The maximum absolute atomic E-state index is 12.3. The molecule has 0 unspecified atom stereocenters. The Labute approximate surface area is 166 Å². The van der Waals surface area contributed by atoms with Gasteiger partial charge in [-0.3, -0.25) is 0 Å². The fourth-order valence-electron chi connectivity index (χ4n) is 2.82. The molecule has 0 radical (unpaired) electrons. The average Bonchev–Trinajstić information content (AvgIpc) is 3.25. The summed E-state index contributed by atoms with van der Waals surface area (Å²) in [4.78, 5) is 4.35. The van der Waals surface area contributed by atoms with Gasteiger partial charge < -0.3 is 8.94 Å². The number of benzene rings is 2. The van der Waals surface area contributed by atoms with Gasteiger partial charge in [0.25, 0.3) is 0 Å². The first-order valence-electron chi connectivity index (χ1n) is 8.41. The SMILES string of the molecule is Cc1ccc2oc(-c3noc(CNS(=O)(=O)c4ccc(Cl)cc4)n3)c(C)c2c1. The monoisotopic (exact) mass is 417 g/mol. The molecule has 144 valence electrons. The summed E-state index contributed by atoms with van der Waals surface area (Å²) < 4.78 is 38.1. The Morgan fingerprint density at radius 3 is 2.61 bits per heavy atom. The van der Waals surface area contributed by atoms with Gasteiger partial charge in [-0.15, -0.1) is 0 Å². The minimum atomic E-state index is -3.72. The second-order valence-corrected chi connectivity index (χ2v) is 8.55. The fraction of sp³-hybridized carbons (Fsp3) is 0.158. The van der Waals surface area contributed by atoms with Crippen LogP contribution in [0.4, 0.5) is 0 Å². The number of sulfonamides is 1. The van der Waals surface area contributed by atoms with E-state index in [1.54, 1.807) is 0 Å². The van der Waals surface area contributed by atoms with Crippen LogP contribution in [0.3, 0.4) is 0 Å². The van der Waals surface area contributed by atoms with Crippen LogP contribution in [-0.4, -0.2) is 18.6 Å². The zero-order valence-corrected chi connectivity index (χ0v) is 16.6. The highest BCUT2D eigenvalue weighted by atomic mass is 35.5. The molecule has 0 fully saturated rings. The Bertz CT molecular complexity index is 1260. The van der Waals surface area contributed by atoms with Crippen molar-refractivity contribution in [2.24, 2.45) is 0 Å². The molecule has 2 heterocycles. The molecule has 9 heteroatoms. The number of fused-ring (bicyclic) bond motifs is 1. The Morgan fingerprint density at radius 1 is 1.11 bits per heavy atom. The number of hydrogen-bond donors (Lipinski definition) is 1. The maximum Gasteiger partial charge on any atom is 0.242 e. The fourth-order valence-corrected chi connectivity index (χ4v) is 3.92. The zero-order chi connectivity index (χ0) is 19.9. The lowest BCUT2D eigenvalue weighted by molar-refractivity contribution is 0.375. The van der Waals surface area contributed by atoms with Crippen LogP contribution in [0.15, 0.2) is 56.3 Å². The highest BCUT2D eigenvalue weighted by molar-refractivity contribution is 7.89. The van der Waals surface area contributed by atoms with Gasteiger partial charge in [-0.05, 0) is 50.2 Å². The van der Waals surface area contributed by atoms with Gasteiger partial charge >= 0.3 is 0 Å². The molecule has 0 aliphatic rings. The molecular formula is C19H16ClN3O4S. The van der Waals surface area contributed by atoms with Crippen LogP contribution in [0.2, 0.25) is 5.02 Å². The van der Waals surface area contributed by atoms with E-state index in [4.69, 9.17) is 20.5 Å². The topological polar surface area (TPSA) is 98.2 Å². The van der Waals surface area contributed by atoms with Crippen molar-refractivity contribution in [1.29, 1.82) is 0 Å². The Morgan fingerprint density at radius 2 is 1.86 bits per heavy atom. The molecule has 28 heavy (non-hydrogen) atoms. The number of aryl methyl sites for hydroxylation is 2. The van der Waals surface area contributed by atoms with Gasteiger partial charge in [0.05, 0.1) is 11.4 Å². The smallest absolute Gasteiger partial charge is 0.242 e. The predicted molar refractivity (Wildman–Crippen MR) is 104 cm³/mol. The lowest BCUT2D eigenvalue weighted by Gasteiger charge is -2.04. The molecule has 0 saturated heterocycles. The van der Waals surface area contributed by atoms with Crippen molar-refractivity contribution in [1.82, 2.24) is 14.9 Å². The largest absolute Gasteiger partial charge is 0.452 e. The maximum atomic E-state index is 12.3. The van der Waals surface area contributed by atoms with Crippen LogP contribution in [-0.2, 0) is 16.6 Å². The number of nitrogens with zero attached hydrogens (tertiary/aromatic N) is 2. The lowest BCUT2D eigenvalue weighted by atomic mass is 10.1. The Hall–Kier alpha value is -2.68. The third kappa shape index (κ3) is 3.54.